The van der Waals surface area contributed by atoms with E-state index in [4.69, 9.17) is 5.73 Å². The first-order valence-corrected chi connectivity index (χ1v) is 4.61. The predicted molar refractivity (Wildman–Crippen MR) is 52.5 cm³/mol. The van der Waals surface area contributed by atoms with Gasteiger partial charge in [-0.1, -0.05) is 0 Å². The van der Waals surface area contributed by atoms with Crippen LogP contribution in [0.1, 0.15) is 32.6 Å². The van der Waals surface area contributed by atoms with Gasteiger partial charge in [0.1, 0.15) is 5.82 Å². The van der Waals surface area contributed by atoms with Crippen molar-refractivity contribution in [1.82, 2.24) is 15.2 Å². The number of aromatic amines is 1. The van der Waals surface area contributed by atoms with Crippen LogP contribution < -0.4 is 10.6 Å². The summed E-state index contributed by atoms with van der Waals surface area (Å²) < 4.78 is 0. The lowest BCUT2D eigenvalue weighted by atomic mass is 10.3. The average Bonchev–Trinajstić information content (AvgIpc) is 2.56. The lowest BCUT2D eigenvalue weighted by molar-refractivity contribution is 0.744. The van der Waals surface area contributed by atoms with Gasteiger partial charge in [-0.15, -0.1) is 5.10 Å². The number of hydrogen-bond donors (Lipinski definition) is 2. The second-order valence-corrected chi connectivity index (χ2v) is 2.98. The summed E-state index contributed by atoms with van der Waals surface area (Å²) in [4.78, 5) is 6.36. The van der Waals surface area contributed by atoms with Crippen LogP contribution in [0.3, 0.4) is 0 Å². The molecule has 0 aliphatic carbocycles. The van der Waals surface area contributed by atoms with Crippen LogP contribution in [-0.2, 0) is 0 Å². The number of aromatic nitrogens is 3. The SMILES string of the molecule is CCN(CC)c1n[nH]c([C@H](C)N)n1. The molecule has 0 radical (unpaired) electrons. The highest BCUT2D eigenvalue weighted by Crippen LogP contribution is 2.09. The van der Waals surface area contributed by atoms with Crippen LogP contribution >= 0.6 is 0 Å². The quantitative estimate of drug-likeness (QED) is 0.719. The highest BCUT2D eigenvalue weighted by atomic mass is 15.4. The molecule has 74 valence electrons. The highest BCUT2D eigenvalue weighted by molar-refractivity contribution is 5.28. The molecule has 1 rings (SSSR count). The third-order valence-corrected chi connectivity index (χ3v) is 1.97. The van der Waals surface area contributed by atoms with E-state index in [0.29, 0.717) is 0 Å². The summed E-state index contributed by atoms with van der Waals surface area (Å²) >= 11 is 0. The Kier molecular flexibility index (Phi) is 3.25. The smallest absolute Gasteiger partial charge is 0.244 e. The van der Waals surface area contributed by atoms with Crippen molar-refractivity contribution in [3.8, 4) is 0 Å². The molecule has 0 saturated heterocycles. The van der Waals surface area contributed by atoms with Crippen molar-refractivity contribution >= 4 is 5.95 Å². The molecule has 1 heterocycles. The summed E-state index contributed by atoms with van der Waals surface area (Å²) in [5.41, 5.74) is 5.66. The molecule has 1 aromatic heterocycles. The van der Waals surface area contributed by atoms with Gasteiger partial charge in [0.25, 0.3) is 0 Å². The average molecular weight is 183 g/mol. The van der Waals surface area contributed by atoms with Crippen molar-refractivity contribution in [2.45, 2.75) is 26.8 Å². The van der Waals surface area contributed by atoms with E-state index in [0.717, 1.165) is 24.9 Å². The Balaban J connectivity index is 2.78. The molecule has 0 amide bonds. The van der Waals surface area contributed by atoms with E-state index >= 15 is 0 Å². The summed E-state index contributed by atoms with van der Waals surface area (Å²) in [6, 6.07) is -0.0863. The van der Waals surface area contributed by atoms with Crippen molar-refractivity contribution in [2.75, 3.05) is 18.0 Å². The van der Waals surface area contributed by atoms with Crippen molar-refractivity contribution < 1.29 is 0 Å². The van der Waals surface area contributed by atoms with Crippen LogP contribution in [0.25, 0.3) is 0 Å². The monoisotopic (exact) mass is 183 g/mol. The van der Waals surface area contributed by atoms with Crippen LogP contribution in [0.15, 0.2) is 0 Å². The highest BCUT2D eigenvalue weighted by Gasteiger charge is 2.10. The fourth-order valence-corrected chi connectivity index (χ4v) is 1.12. The van der Waals surface area contributed by atoms with Gasteiger partial charge < -0.3 is 10.6 Å². The molecule has 13 heavy (non-hydrogen) atoms. The first-order valence-electron chi connectivity index (χ1n) is 4.61. The lowest BCUT2D eigenvalue weighted by Gasteiger charge is -2.15. The molecule has 1 atom stereocenters. The van der Waals surface area contributed by atoms with Crippen molar-refractivity contribution in [2.24, 2.45) is 5.73 Å². The van der Waals surface area contributed by atoms with E-state index < -0.39 is 0 Å². The minimum Gasteiger partial charge on any atom is -0.340 e. The maximum absolute atomic E-state index is 5.66. The van der Waals surface area contributed by atoms with E-state index in [9.17, 15) is 0 Å². The van der Waals surface area contributed by atoms with Crippen LogP contribution in [0.4, 0.5) is 5.95 Å². The normalized spacial score (nSPS) is 12.9. The summed E-state index contributed by atoms with van der Waals surface area (Å²) in [7, 11) is 0. The largest absolute Gasteiger partial charge is 0.340 e. The molecule has 0 spiro atoms. The van der Waals surface area contributed by atoms with Gasteiger partial charge in [0.2, 0.25) is 5.95 Å². The van der Waals surface area contributed by atoms with Crippen molar-refractivity contribution in [1.29, 1.82) is 0 Å². The molecule has 0 aliphatic rings. The summed E-state index contributed by atoms with van der Waals surface area (Å²) in [6.45, 7) is 7.85. The molecule has 0 saturated carbocycles. The minimum absolute atomic E-state index is 0.0863. The molecule has 1 aromatic rings. The second-order valence-electron chi connectivity index (χ2n) is 2.98. The Labute approximate surface area is 78.3 Å². The Hall–Kier alpha value is -1.10. The van der Waals surface area contributed by atoms with Gasteiger partial charge in [-0.25, -0.2) is 0 Å². The van der Waals surface area contributed by atoms with Crippen LogP contribution in [0.2, 0.25) is 0 Å². The van der Waals surface area contributed by atoms with Gasteiger partial charge in [-0.05, 0) is 20.8 Å². The van der Waals surface area contributed by atoms with E-state index in [2.05, 4.69) is 33.9 Å². The molecule has 0 fully saturated rings. The number of H-pyrrole nitrogens is 1. The first-order chi connectivity index (χ1) is 6.19. The van der Waals surface area contributed by atoms with E-state index in [1.165, 1.54) is 0 Å². The van der Waals surface area contributed by atoms with Crippen LogP contribution in [0.5, 0.6) is 0 Å². The van der Waals surface area contributed by atoms with Crippen molar-refractivity contribution in [3.05, 3.63) is 5.82 Å². The molecular weight excluding hydrogens is 166 g/mol. The van der Waals surface area contributed by atoms with Gasteiger partial charge in [0.15, 0.2) is 0 Å². The minimum atomic E-state index is -0.0863. The molecule has 0 aliphatic heterocycles. The zero-order valence-corrected chi connectivity index (χ0v) is 8.41. The number of nitrogens with two attached hydrogens (primary N) is 1. The predicted octanol–water partition coefficient (Wildman–Crippen LogP) is 0.671. The summed E-state index contributed by atoms with van der Waals surface area (Å²) in [6.07, 6.45) is 0. The maximum Gasteiger partial charge on any atom is 0.244 e. The van der Waals surface area contributed by atoms with E-state index in [-0.39, 0.29) is 6.04 Å². The third-order valence-electron chi connectivity index (χ3n) is 1.97. The number of anilines is 1. The van der Waals surface area contributed by atoms with Gasteiger partial charge in [0.05, 0.1) is 6.04 Å². The van der Waals surface area contributed by atoms with Gasteiger partial charge in [0, 0.05) is 13.1 Å². The molecule has 0 bridgehead atoms. The fourth-order valence-electron chi connectivity index (χ4n) is 1.12. The van der Waals surface area contributed by atoms with Gasteiger partial charge in [-0.3, -0.25) is 5.10 Å². The lowest BCUT2D eigenvalue weighted by Crippen LogP contribution is -2.23. The van der Waals surface area contributed by atoms with Gasteiger partial charge >= 0.3 is 0 Å². The van der Waals surface area contributed by atoms with Crippen molar-refractivity contribution in [3.63, 3.8) is 0 Å². The van der Waals surface area contributed by atoms with Crippen LogP contribution in [-0.4, -0.2) is 28.3 Å². The Morgan fingerprint density at radius 1 is 1.46 bits per heavy atom. The first kappa shape index (κ1) is 9.98. The maximum atomic E-state index is 5.66. The zero-order chi connectivity index (χ0) is 9.84. The zero-order valence-electron chi connectivity index (χ0n) is 8.41. The Bertz CT molecular complexity index is 251. The number of nitrogens with zero attached hydrogens (tertiary/aromatic N) is 3. The number of nitrogens with one attached hydrogen (secondary N) is 1. The summed E-state index contributed by atoms with van der Waals surface area (Å²) in [5, 5.41) is 6.92. The van der Waals surface area contributed by atoms with Crippen LogP contribution in [0, 0.1) is 0 Å². The standard InChI is InChI=1S/C8H17N5/c1-4-13(5-2)8-10-7(6(3)9)11-12-8/h6H,4-5,9H2,1-3H3,(H,10,11,12)/t6-/m0/s1. The Morgan fingerprint density at radius 3 is 2.46 bits per heavy atom. The number of rotatable bonds is 4. The van der Waals surface area contributed by atoms with E-state index in [1.807, 2.05) is 6.92 Å². The third kappa shape index (κ3) is 2.18. The van der Waals surface area contributed by atoms with Gasteiger partial charge in [-0.2, -0.15) is 4.98 Å². The molecule has 0 aromatic carbocycles. The molecule has 5 nitrogen and oxygen atoms in total. The van der Waals surface area contributed by atoms with E-state index in [1.54, 1.807) is 0 Å². The molecule has 3 N–H and O–H groups in total. The molecule has 0 unspecified atom stereocenters. The fraction of sp³-hybridized carbons (Fsp3) is 0.750. The number of hydrogen-bond acceptors (Lipinski definition) is 4. The second kappa shape index (κ2) is 4.23. The topological polar surface area (TPSA) is 70.8 Å². The molecular formula is C8H17N5. The Morgan fingerprint density at radius 2 is 2.08 bits per heavy atom. The molecule has 5 heteroatoms. The summed E-state index contributed by atoms with van der Waals surface area (Å²) in [5.74, 6) is 1.47.